The smallest absolute Gasteiger partial charge is 0.257 e. The van der Waals surface area contributed by atoms with E-state index in [2.05, 4.69) is 20.7 Å². The molecule has 4 aromatic rings. The number of imidazole rings is 1. The first-order valence-corrected chi connectivity index (χ1v) is 10.9. The van der Waals surface area contributed by atoms with Gasteiger partial charge in [0.05, 0.1) is 29.5 Å². The molecular formula is C23H25F2N7O. The van der Waals surface area contributed by atoms with Crippen LogP contribution in [0.15, 0.2) is 36.8 Å². The molecule has 172 valence electrons. The number of pyridine rings is 1. The largest absolute Gasteiger partial charge is 0.366 e. The van der Waals surface area contributed by atoms with E-state index in [1.54, 1.807) is 41.5 Å². The Labute approximate surface area is 189 Å². The summed E-state index contributed by atoms with van der Waals surface area (Å²) in [6.07, 6.45) is 4.21. The van der Waals surface area contributed by atoms with E-state index in [4.69, 9.17) is 0 Å². The lowest BCUT2D eigenvalue weighted by Crippen LogP contribution is -2.34. The molecule has 33 heavy (non-hydrogen) atoms. The summed E-state index contributed by atoms with van der Waals surface area (Å²) in [5.74, 6) is -0.924. The third-order valence-electron chi connectivity index (χ3n) is 6.11. The molecule has 8 nitrogen and oxygen atoms in total. The maximum Gasteiger partial charge on any atom is 0.257 e. The first-order chi connectivity index (χ1) is 15.9. The van der Waals surface area contributed by atoms with Crippen LogP contribution in [0.4, 0.5) is 20.2 Å². The van der Waals surface area contributed by atoms with Crippen LogP contribution in [0.5, 0.6) is 0 Å². The molecule has 0 unspecified atom stereocenters. The summed E-state index contributed by atoms with van der Waals surface area (Å²) in [6, 6.07) is 4.52. The number of hydrogen-bond acceptors (Lipinski definition) is 5. The van der Waals surface area contributed by atoms with Crippen LogP contribution in [0.3, 0.4) is 0 Å². The zero-order valence-corrected chi connectivity index (χ0v) is 18.6. The summed E-state index contributed by atoms with van der Waals surface area (Å²) in [7, 11) is 1.75. The minimum Gasteiger partial charge on any atom is -0.366 e. The fourth-order valence-electron chi connectivity index (χ4n) is 4.44. The summed E-state index contributed by atoms with van der Waals surface area (Å²) in [4.78, 5) is 19.3. The van der Waals surface area contributed by atoms with Crippen molar-refractivity contribution in [3.05, 3.63) is 53.9 Å². The fraction of sp³-hybridized carbons (Fsp3) is 0.348. The summed E-state index contributed by atoms with van der Waals surface area (Å²) in [5, 5.41) is 11.1. The number of fused-ring (bicyclic) bond motifs is 2. The number of benzene rings is 1. The Morgan fingerprint density at radius 3 is 2.79 bits per heavy atom. The maximum absolute atomic E-state index is 14.4. The number of aryl methyl sites for hydroxylation is 2. The number of alkyl halides is 1. The first-order valence-electron chi connectivity index (χ1n) is 10.9. The molecule has 0 aliphatic carbocycles. The molecule has 3 aromatic heterocycles. The van der Waals surface area contributed by atoms with Gasteiger partial charge in [0.15, 0.2) is 11.5 Å². The Balaban J connectivity index is 1.51. The van der Waals surface area contributed by atoms with E-state index in [0.717, 1.165) is 11.1 Å². The summed E-state index contributed by atoms with van der Waals surface area (Å²) in [5.41, 5.74) is 2.92. The first kappa shape index (κ1) is 21.3. The molecule has 1 amide bonds. The van der Waals surface area contributed by atoms with Gasteiger partial charge in [-0.2, -0.15) is 5.10 Å². The van der Waals surface area contributed by atoms with Gasteiger partial charge in [0.25, 0.3) is 5.91 Å². The number of nitrogens with one attached hydrogen (secondary N) is 2. The number of hydrogen-bond donors (Lipinski definition) is 2. The van der Waals surface area contributed by atoms with Crippen LogP contribution in [-0.2, 0) is 6.54 Å². The highest BCUT2D eigenvalue weighted by molar-refractivity contribution is 6.13. The molecule has 0 spiro atoms. The second-order valence-electron chi connectivity index (χ2n) is 8.34. The minimum absolute atomic E-state index is 0.204. The van der Waals surface area contributed by atoms with Crippen molar-refractivity contribution in [2.45, 2.75) is 32.6 Å². The second-order valence-corrected chi connectivity index (χ2v) is 8.34. The number of aromatic nitrogens is 4. The third-order valence-corrected chi connectivity index (χ3v) is 6.11. The molecule has 0 radical (unpaired) electrons. The molecular weight excluding hydrogens is 428 g/mol. The molecule has 1 fully saturated rings. The van der Waals surface area contributed by atoms with Crippen molar-refractivity contribution < 1.29 is 13.6 Å². The SMILES string of the molecule is CCn1cc2c(N3C[C@H](NC)[C@@H](F)C3)ccc(C(=O)Nc3cc(F)c4nc(C)cn4c3)c2n1. The molecule has 1 aliphatic rings. The van der Waals surface area contributed by atoms with E-state index in [9.17, 15) is 13.6 Å². The highest BCUT2D eigenvalue weighted by atomic mass is 19.1. The topological polar surface area (TPSA) is 79.5 Å². The lowest BCUT2D eigenvalue weighted by molar-refractivity contribution is 0.102. The average molecular weight is 453 g/mol. The van der Waals surface area contributed by atoms with Gasteiger partial charge in [-0.1, -0.05) is 0 Å². The van der Waals surface area contributed by atoms with Gasteiger partial charge in [-0.3, -0.25) is 9.48 Å². The molecule has 4 heterocycles. The van der Waals surface area contributed by atoms with Gasteiger partial charge < -0.3 is 19.9 Å². The molecule has 2 atom stereocenters. The van der Waals surface area contributed by atoms with Gasteiger partial charge >= 0.3 is 0 Å². The van der Waals surface area contributed by atoms with Crippen molar-refractivity contribution in [1.29, 1.82) is 0 Å². The quantitative estimate of drug-likeness (QED) is 0.485. The number of carbonyl (C=O) groups is 1. The highest BCUT2D eigenvalue weighted by Crippen LogP contribution is 2.32. The van der Waals surface area contributed by atoms with Crippen LogP contribution in [-0.4, -0.2) is 57.4 Å². The Hall–Kier alpha value is -3.53. The number of nitrogens with zero attached hydrogens (tertiary/aromatic N) is 5. The van der Waals surface area contributed by atoms with E-state index < -0.39 is 17.9 Å². The van der Waals surface area contributed by atoms with Crippen LogP contribution >= 0.6 is 0 Å². The van der Waals surface area contributed by atoms with Crippen LogP contribution < -0.4 is 15.5 Å². The standard InChI is InChI=1S/C23H25F2N7O/c1-4-32-10-16-20(30-11-18(25)19(12-30)26-3)6-5-15(21(16)29-32)23(33)28-14-7-17(24)22-27-13(2)8-31(22)9-14/h5-10,18-19,26H,4,11-12H2,1-3H3,(H,28,33)/t18-,19-/m0/s1. The Morgan fingerprint density at radius 1 is 1.24 bits per heavy atom. The normalized spacial score (nSPS) is 18.5. The summed E-state index contributed by atoms with van der Waals surface area (Å²) in [6.45, 7) is 5.16. The molecule has 0 bridgehead atoms. The van der Waals surface area contributed by atoms with E-state index in [0.29, 0.717) is 35.6 Å². The van der Waals surface area contributed by atoms with Crippen LogP contribution in [0.2, 0.25) is 0 Å². The molecule has 2 N–H and O–H groups in total. The fourth-order valence-corrected chi connectivity index (χ4v) is 4.44. The maximum atomic E-state index is 14.4. The van der Waals surface area contributed by atoms with Crippen molar-refractivity contribution >= 4 is 33.8 Å². The Bertz CT molecular complexity index is 1360. The van der Waals surface area contributed by atoms with Gasteiger partial charge in [-0.05, 0) is 33.0 Å². The van der Waals surface area contributed by atoms with Crippen LogP contribution in [0, 0.1) is 12.7 Å². The zero-order valence-electron chi connectivity index (χ0n) is 18.6. The van der Waals surface area contributed by atoms with Crippen LogP contribution in [0.1, 0.15) is 23.0 Å². The predicted octanol–water partition coefficient (Wildman–Crippen LogP) is 3.15. The third kappa shape index (κ3) is 3.70. The zero-order chi connectivity index (χ0) is 23.3. The lowest BCUT2D eigenvalue weighted by atomic mass is 10.1. The Morgan fingerprint density at radius 2 is 2.06 bits per heavy atom. The number of carbonyl (C=O) groups excluding carboxylic acids is 1. The van der Waals surface area contributed by atoms with E-state index in [-0.39, 0.29) is 18.2 Å². The van der Waals surface area contributed by atoms with Gasteiger partial charge in [-0.15, -0.1) is 0 Å². The molecule has 1 aliphatic heterocycles. The van der Waals surface area contributed by atoms with Gasteiger partial charge in [-0.25, -0.2) is 13.8 Å². The van der Waals surface area contributed by atoms with Crippen molar-refractivity contribution in [1.82, 2.24) is 24.5 Å². The highest BCUT2D eigenvalue weighted by Gasteiger charge is 2.33. The van der Waals surface area contributed by atoms with E-state index in [1.165, 1.54) is 6.07 Å². The van der Waals surface area contributed by atoms with Crippen LogP contribution in [0.25, 0.3) is 16.6 Å². The predicted molar refractivity (Wildman–Crippen MR) is 123 cm³/mol. The monoisotopic (exact) mass is 453 g/mol. The van der Waals surface area contributed by atoms with E-state index in [1.807, 2.05) is 24.1 Å². The average Bonchev–Trinajstić information content (AvgIpc) is 3.48. The molecule has 5 rings (SSSR count). The van der Waals surface area contributed by atoms with Crippen molar-refractivity contribution in [2.75, 3.05) is 30.4 Å². The molecule has 1 saturated heterocycles. The Kier molecular flexibility index (Phi) is 5.24. The number of anilines is 2. The summed E-state index contributed by atoms with van der Waals surface area (Å²) >= 11 is 0. The molecule has 0 saturated carbocycles. The van der Waals surface area contributed by atoms with Crippen molar-refractivity contribution in [2.24, 2.45) is 0 Å². The van der Waals surface area contributed by atoms with Gasteiger partial charge in [0.2, 0.25) is 0 Å². The van der Waals surface area contributed by atoms with E-state index >= 15 is 0 Å². The molecule has 1 aromatic carbocycles. The second kappa shape index (κ2) is 8.11. The van der Waals surface area contributed by atoms with Crippen molar-refractivity contribution in [3.63, 3.8) is 0 Å². The number of likely N-dealkylation sites (N-methyl/N-ethyl adjacent to an activating group) is 1. The van der Waals surface area contributed by atoms with Gasteiger partial charge in [0, 0.05) is 48.8 Å². The number of halogens is 2. The number of amides is 1. The van der Waals surface area contributed by atoms with Gasteiger partial charge in [0.1, 0.15) is 11.7 Å². The number of rotatable bonds is 5. The minimum atomic E-state index is -0.981. The molecule has 10 heteroatoms. The summed E-state index contributed by atoms with van der Waals surface area (Å²) < 4.78 is 32.1. The lowest BCUT2D eigenvalue weighted by Gasteiger charge is -2.19. The van der Waals surface area contributed by atoms with Crippen molar-refractivity contribution in [3.8, 4) is 0 Å².